The number of rotatable bonds is 4. The van der Waals surface area contributed by atoms with Crippen LogP contribution in [0.5, 0.6) is 0 Å². The summed E-state index contributed by atoms with van der Waals surface area (Å²) in [4.78, 5) is 15.1. The van der Waals surface area contributed by atoms with Crippen LogP contribution in [-0.4, -0.2) is 11.3 Å². The van der Waals surface area contributed by atoms with E-state index >= 15 is 0 Å². The highest BCUT2D eigenvalue weighted by atomic mass is 32.1. The molecule has 0 aliphatic heterocycles. The first-order valence-electron chi connectivity index (χ1n) is 6.49. The van der Waals surface area contributed by atoms with Crippen LogP contribution in [0.1, 0.15) is 20.9 Å². The number of halogens is 1. The van der Waals surface area contributed by atoms with E-state index in [1.165, 1.54) is 17.4 Å². The van der Waals surface area contributed by atoms with Gasteiger partial charge in [-0.3, -0.25) is 4.79 Å². The molecule has 21 heavy (non-hydrogen) atoms. The molecule has 0 spiro atoms. The van der Waals surface area contributed by atoms with E-state index in [1.54, 1.807) is 30.3 Å². The number of hydrogen-bond donors (Lipinski definition) is 0. The standard InChI is InChI=1S/C17H12FNOS/c18-15-4-2-1-3-14(15)16-11-21-17(19-16)9-12-5-7-13(10-20)8-6-12/h1-8,10-11H,9H2. The van der Waals surface area contributed by atoms with Crippen molar-refractivity contribution in [3.8, 4) is 11.3 Å². The average Bonchev–Trinajstić information content (AvgIpc) is 2.97. The van der Waals surface area contributed by atoms with Gasteiger partial charge in [0.25, 0.3) is 0 Å². The number of hydrogen-bond acceptors (Lipinski definition) is 3. The quantitative estimate of drug-likeness (QED) is 0.670. The number of thiazole rings is 1. The number of aldehydes is 1. The van der Waals surface area contributed by atoms with Gasteiger partial charge >= 0.3 is 0 Å². The summed E-state index contributed by atoms with van der Waals surface area (Å²) in [6, 6.07) is 14.0. The molecule has 0 N–H and O–H groups in total. The highest BCUT2D eigenvalue weighted by Gasteiger charge is 2.09. The second kappa shape index (κ2) is 5.97. The molecule has 4 heteroatoms. The largest absolute Gasteiger partial charge is 0.298 e. The third-order valence-electron chi connectivity index (χ3n) is 3.17. The summed E-state index contributed by atoms with van der Waals surface area (Å²) >= 11 is 1.51. The average molecular weight is 297 g/mol. The summed E-state index contributed by atoms with van der Waals surface area (Å²) in [7, 11) is 0. The fourth-order valence-corrected chi connectivity index (χ4v) is 2.90. The van der Waals surface area contributed by atoms with Crippen LogP contribution in [-0.2, 0) is 6.42 Å². The van der Waals surface area contributed by atoms with Crippen molar-refractivity contribution in [3.05, 3.63) is 75.9 Å². The first-order chi connectivity index (χ1) is 10.3. The molecular weight excluding hydrogens is 285 g/mol. The summed E-state index contributed by atoms with van der Waals surface area (Å²) in [5.74, 6) is -0.260. The van der Waals surface area contributed by atoms with E-state index in [9.17, 15) is 9.18 Å². The van der Waals surface area contributed by atoms with Crippen LogP contribution in [0.15, 0.2) is 53.9 Å². The molecule has 104 valence electrons. The SMILES string of the molecule is O=Cc1ccc(Cc2nc(-c3ccccc3F)cs2)cc1. The molecule has 1 aromatic heterocycles. The van der Waals surface area contributed by atoms with E-state index in [0.717, 1.165) is 16.9 Å². The monoisotopic (exact) mass is 297 g/mol. The molecule has 0 radical (unpaired) electrons. The van der Waals surface area contributed by atoms with Gasteiger partial charge in [0, 0.05) is 22.9 Å². The van der Waals surface area contributed by atoms with E-state index in [-0.39, 0.29) is 5.82 Å². The predicted octanol–water partition coefficient (Wildman–Crippen LogP) is 4.35. The van der Waals surface area contributed by atoms with Gasteiger partial charge in [0.15, 0.2) is 0 Å². The number of carbonyl (C=O) groups is 1. The molecule has 0 fully saturated rings. The minimum Gasteiger partial charge on any atom is -0.298 e. The normalized spacial score (nSPS) is 10.5. The Bertz CT molecular complexity index is 764. The van der Waals surface area contributed by atoms with Crippen molar-refractivity contribution < 1.29 is 9.18 Å². The van der Waals surface area contributed by atoms with Gasteiger partial charge < -0.3 is 0 Å². The minimum atomic E-state index is -0.260. The van der Waals surface area contributed by atoms with Crippen molar-refractivity contribution in [2.45, 2.75) is 6.42 Å². The summed E-state index contributed by atoms with van der Waals surface area (Å²) in [6.07, 6.45) is 1.50. The number of carbonyl (C=O) groups excluding carboxylic acids is 1. The molecule has 0 atom stereocenters. The Morgan fingerprint density at radius 3 is 2.57 bits per heavy atom. The molecule has 0 saturated carbocycles. The molecule has 1 heterocycles. The maximum Gasteiger partial charge on any atom is 0.150 e. The van der Waals surface area contributed by atoms with Crippen LogP contribution in [0.3, 0.4) is 0 Å². The van der Waals surface area contributed by atoms with Crippen LogP contribution >= 0.6 is 11.3 Å². The topological polar surface area (TPSA) is 30.0 Å². The van der Waals surface area contributed by atoms with Gasteiger partial charge in [0.1, 0.15) is 12.1 Å². The molecule has 3 aromatic rings. The van der Waals surface area contributed by atoms with Crippen LogP contribution in [0, 0.1) is 5.82 Å². The number of nitrogens with zero attached hydrogens (tertiary/aromatic N) is 1. The lowest BCUT2D eigenvalue weighted by molar-refractivity contribution is 0.112. The Labute approximate surface area is 125 Å². The van der Waals surface area contributed by atoms with Gasteiger partial charge in [-0.25, -0.2) is 9.37 Å². The maximum atomic E-state index is 13.7. The molecule has 2 nitrogen and oxygen atoms in total. The predicted molar refractivity (Wildman–Crippen MR) is 82.1 cm³/mol. The summed E-state index contributed by atoms with van der Waals surface area (Å²) in [5, 5.41) is 2.79. The zero-order valence-electron chi connectivity index (χ0n) is 11.1. The number of benzene rings is 2. The molecule has 0 amide bonds. The van der Waals surface area contributed by atoms with Crippen LogP contribution < -0.4 is 0 Å². The number of aromatic nitrogens is 1. The molecular formula is C17H12FNOS. The summed E-state index contributed by atoms with van der Waals surface area (Å²) in [6.45, 7) is 0. The van der Waals surface area contributed by atoms with Gasteiger partial charge in [0.2, 0.25) is 0 Å². The molecule has 0 aliphatic rings. The molecule has 3 rings (SSSR count). The smallest absolute Gasteiger partial charge is 0.150 e. The van der Waals surface area contributed by atoms with E-state index in [2.05, 4.69) is 4.98 Å². The highest BCUT2D eigenvalue weighted by Crippen LogP contribution is 2.25. The Kier molecular flexibility index (Phi) is 3.88. The third-order valence-corrected chi connectivity index (χ3v) is 4.02. The zero-order valence-corrected chi connectivity index (χ0v) is 11.9. The van der Waals surface area contributed by atoms with Crippen LogP contribution in [0.25, 0.3) is 11.3 Å². The molecule has 0 unspecified atom stereocenters. The van der Waals surface area contributed by atoms with Crippen molar-refractivity contribution in [3.63, 3.8) is 0 Å². The first kappa shape index (κ1) is 13.6. The van der Waals surface area contributed by atoms with E-state index in [0.29, 0.717) is 23.2 Å². The lowest BCUT2D eigenvalue weighted by Crippen LogP contribution is -1.89. The fraction of sp³-hybridized carbons (Fsp3) is 0.0588. The van der Waals surface area contributed by atoms with Crippen molar-refractivity contribution in [2.75, 3.05) is 0 Å². The lowest BCUT2D eigenvalue weighted by Gasteiger charge is -1.99. The third kappa shape index (κ3) is 3.06. The lowest BCUT2D eigenvalue weighted by atomic mass is 10.1. The summed E-state index contributed by atoms with van der Waals surface area (Å²) in [5.41, 5.74) is 2.92. The first-order valence-corrected chi connectivity index (χ1v) is 7.37. The van der Waals surface area contributed by atoms with Crippen molar-refractivity contribution in [1.82, 2.24) is 4.98 Å². The van der Waals surface area contributed by atoms with Gasteiger partial charge in [0.05, 0.1) is 10.7 Å². The fourth-order valence-electron chi connectivity index (χ4n) is 2.07. The Morgan fingerprint density at radius 1 is 1.10 bits per heavy atom. The van der Waals surface area contributed by atoms with E-state index in [1.807, 2.05) is 17.5 Å². The van der Waals surface area contributed by atoms with Crippen molar-refractivity contribution >= 4 is 17.6 Å². The Morgan fingerprint density at radius 2 is 1.86 bits per heavy atom. The summed E-state index contributed by atoms with van der Waals surface area (Å²) < 4.78 is 13.7. The van der Waals surface area contributed by atoms with E-state index in [4.69, 9.17) is 0 Å². The van der Waals surface area contributed by atoms with Crippen molar-refractivity contribution in [2.24, 2.45) is 0 Å². The molecule has 0 bridgehead atoms. The zero-order chi connectivity index (χ0) is 14.7. The van der Waals surface area contributed by atoms with Crippen LogP contribution in [0.2, 0.25) is 0 Å². The van der Waals surface area contributed by atoms with Crippen LogP contribution in [0.4, 0.5) is 4.39 Å². The van der Waals surface area contributed by atoms with Gasteiger partial charge in [-0.05, 0) is 17.7 Å². The Hall–Kier alpha value is -2.33. The van der Waals surface area contributed by atoms with Gasteiger partial charge in [-0.15, -0.1) is 11.3 Å². The molecule has 2 aromatic carbocycles. The molecule has 0 aliphatic carbocycles. The van der Waals surface area contributed by atoms with Gasteiger partial charge in [-0.1, -0.05) is 36.4 Å². The maximum absolute atomic E-state index is 13.7. The highest BCUT2D eigenvalue weighted by molar-refractivity contribution is 7.10. The minimum absolute atomic E-state index is 0.260. The van der Waals surface area contributed by atoms with E-state index < -0.39 is 0 Å². The van der Waals surface area contributed by atoms with Crippen molar-refractivity contribution in [1.29, 1.82) is 0 Å². The molecule has 0 saturated heterocycles. The second-order valence-electron chi connectivity index (χ2n) is 4.64. The Balaban J connectivity index is 1.81. The second-order valence-corrected chi connectivity index (χ2v) is 5.59. The van der Waals surface area contributed by atoms with Gasteiger partial charge in [-0.2, -0.15) is 0 Å².